The summed E-state index contributed by atoms with van der Waals surface area (Å²) < 4.78 is 1.90. The zero-order chi connectivity index (χ0) is 21.4. The molecule has 31 heavy (non-hydrogen) atoms. The van der Waals surface area contributed by atoms with Gasteiger partial charge in [0, 0.05) is 31.6 Å². The van der Waals surface area contributed by atoms with Crippen LogP contribution in [0.2, 0.25) is 0 Å². The minimum Gasteiger partial charge on any atom is -0.354 e. The molecule has 4 aromatic rings. The zero-order valence-electron chi connectivity index (χ0n) is 17.6. The number of piperazine rings is 1. The standard InChI is InChI=1S/C23H24N6OS/c1-16-19-14-20(31-23(19)29(26-16)18-6-4-3-5-7-18)22(30)25-17-8-9-21(24-15-17)28-12-10-27(2)11-13-28/h3-9,14-15H,10-13H2,1-2H3,(H,25,30). The summed E-state index contributed by atoms with van der Waals surface area (Å²) in [5.41, 5.74) is 2.59. The highest BCUT2D eigenvalue weighted by Gasteiger charge is 2.18. The van der Waals surface area contributed by atoms with Gasteiger partial charge in [-0.1, -0.05) is 18.2 Å². The van der Waals surface area contributed by atoms with E-state index in [9.17, 15) is 4.79 Å². The fourth-order valence-electron chi connectivity index (χ4n) is 3.78. The van der Waals surface area contributed by atoms with E-state index in [4.69, 9.17) is 0 Å². The van der Waals surface area contributed by atoms with E-state index in [1.165, 1.54) is 11.3 Å². The first-order valence-corrected chi connectivity index (χ1v) is 11.2. The summed E-state index contributed by atoms with van der Waals surface area (Å²) in [7, 11) is 2.14. The second kappa shape index (κ2) is 8.13. The molecule has 1 aromatic carbocycles. The third-order valence-electron chi connectivity index (χ3n) is 5.60. The molecule has 0 atom stereocenters. The van der Waals surface area contributed by atoms with Crippen molar-refractivity contribution in [2.75, 3.05) is 43.4 Å². The molecule has 5 rings (SSSR count). The number of carbonyl (C=O) groups is 1. The van der Waals surface area contributed by atoms with Gasteiger partial charge in [-0.3, -0.25) is 4.79 Å². The lowest BCUT2D eigenvalue weighted by atomic mass is 10.3. The molecular weight excluding hydrogens is 408 g/mol. The van der Waals surface area contributed by atoms with Gasteiger partial charge in [-0.2, -0.15) is 5.10 Å². The van der Waals surface area contributed by atoms with E-state index in [0.29, 0.717) is 10.6 Å². The topological polar surface area (TPSA) is 66.3 Å². The largest absolute Gasteiger partial charge is 0.354 e. The van der Waals surface area contributed by atoms with E-state index >= 15 is 0 Å². The van der Waals surface area contributed by atoms with Gasteiger partial charge in [-0.05, 0) is 44.3 Å². The summed E-state index contributed by atoms with van der Waals surface area (Å²) in [6.45, 7) is 5.97. The Labute approximate surface area is 184 Å². The number of nitrogens with zero attached hydrogens (tertiary/aromatic N) is 5. The van der Waals surface area contributed by atoms with Gasteiger partial charge >= 0.3 is 0 Å². The van der Waals surface area contributed by atoms with Crippen LogP contribution in [0.15, 0.2) is 54.7 Å². The van der Waals surface area contributed by atoms with E-state index in [1.807, 2.05) is 60.1 Å². The molecule has 0 radical (unpaired) electrons. The second-order valence-corrected chi connectivity index (χ2v) is 8.84. The molecule has 1 saturated heterocycles. The van der Waals surface area contributed by atoms with Crippen molar-refractivity contribution in [2.24, 2.45) is 0 Å². The smallest absolute Gasteiger partial charge is 0.265 e. The molecule has 0 saturated carbocycles. The molecule has 0 unspecified atom stereocenters. The Kier molecular flexibility index (Phi) is 5.17. The van der Waals surface area contributed by atoms with E-state index in [1.54, 1.807) is 6.20 Å². The monoisotopic (exact) mass is 432 g/mol. The molecule has 0 bridgehead atoms. The van der Waals surface area contributed by atoms with Crippen molar-refractivity contribution in [3.8, 4) is 5.69 Å². The molecule has 4 heterocycles. The Morgan fingerprint density at radius 3 is 2.55 bits per heavy atom. The van der Waals surface area contributed by atoms with Crippen molar-refractivity contribution in [1.29, 1.82) is 0 Å². The molecular formula is C23H24N6OS. The van der Waals surface area contributed by atoms with Crippen LogP contribution in [-0.4, -0.2) is 58.8 Å². The number of para-hydroxylation sites is 1. The quantitative estimate of drug-likeness (QED) is 0.531. The number of likely N-dealkylation sites (N-methyl/N-ethyl adjacent to an activating group) is 1. The van der Waals surface area contributed by atoms with Crippen LogP contribution in [0.4, 0.5) is 11.5 Å². The summed E-state index contributed by atoms with van der Waals surface area (Å²) in [6, 6.07) is 15.8. The van der Waals surface area contributed by atoms with Gasteiger partial charge in [0.05, 0.1) is 28.1 Å². The number of fused-ring (bicyclic) bond motifs is 1. The highest BCUT2D eigenvalue weighted by Crippen LogP contribution is 2.31. The minimum absolute atomic E-state index is 0.130. The Morgan fingerprint density at radius 1 is 1.06 bits per heavy atom. The van der Waals surface area contributed by atoms with Gasteiger partial charge < -0.3 is 15.1 Å². The summed E-state index contributed by atoms with van der Waals surface area (Å²) in [4.78, 5) is 23.7. The molecule has 1 N–H and O–H groups in total. The lowest BCUT2D eigenvalue weighted by Crippen LogP contribution is -2.44. The normalized spacial score (nSPS) is 14.8. The molecule has 1 fully saturated rings. The molecule has 0 aliphatic carbocycles. The number of nitrogens with one attached hydrogen (secondary N) is 1. The SMILES string of the molecule is Cc1nn(-c2ccccc2)c2sc(C(=O)Nc3ccc(N4CCN(C)CC4)nc3)cc12. The van der Waals surface area contributed by atoms with Crippen molar-refractivity contribution in [2.45, 2.75) is 6.92 Å². The number of benzene rings is 1. The number of thiophene rings is 1. The minimum atomic E-state index is -0.130. The van der Waals surface area contributed by atoms with Crippen LogP contribution in [0.1, 0.15) is 15.4 Å². The average molecular weight is 433 g/mol. The third-order valence-corrected chi connectivity index (χ3v) is 6.71. The molecule has 0 spiro atoms. The molecule has 8 heteroatoms. The summed E-state index contributed by atoms with van der Waals surface area (Å²) in [5.74, 6) is 0.820. The van der Waals surface area contributed by atoms with Crippen molar-refractivity contribution < 1.29 is 4.79 Å². The van der Waals surface area contributed by atoms with Crippen LogP contribution in [0.5, 0.6) is 0 Å². The van der Waals surface area contributed by atoms with Crippen LogP contribution in [0.25, 0.3) is 15.9 Å². The number of hydrogen-bond acceptors (Lipinski definition) is 6. The number of carbonyl (C=O) groups excluding carboxylic acids is 1. The van der Waals surface area contributed by atoms with Gasteiger partial charge in [0.2, 0.25) is 0 Å². The maximum absolute atomic E-state index is 12.9. The second-order valence-electron chi connectivity index (χ2n) is 7.81. The maximum Gasteiger partial charge on any atom is 0.265 e. The van der Waals surface area contributed by atoms with Crippen LogP contribution >= 0.6 is 11.3 Å². The summed E-state index contributed by atoms with van der Waals surface area (Å²) >= 11 is 1.45. The maximum atomic E-state index is 12.9. The number of pyridine rings is 1. The number of hydrogen-bond donors (Lipinski definition) is 1. The van der Waals surface area contributed by atoms with E-state index in [-0.39, 0.29) is 5.91 Å². The Morgan fingerprint density at radius 2 is 1.84 bits per heavy atom. The third kappa shape index (κ3) is 3.92. The van der Waals surface area contributed by atoms with Gasteiger partial charge in [0.25, 0.3) is 5.91 Å². The predicted octanol–water partition coefficient (Wildman–Crippen LogP) is 3.79. The first kappa shape index (κ1) is 19.7. The number of aromatic nitrogens is 3. The van der Waals surface area contributed by atoms with Crippen molar-refractivity contribution >= 4 is 39.0 Å². The Bertz CT molecular complexity index is 1210. The number of amides is 1. The summed E-state index contributed by atoms with van der Waals surface area (Å²) in [6.07, 6.45) is 1.73. The molecule has 3 aromatic heterocycles. The Balaban J connectivity index is 1.34. The number of aryl methyl sites for hydroxylation is 1. The van der Waals surface area contributed by atoms with Crippen molar-refractivity contribution in [1.82, 2.24) is 19.7 Å². The van der Waals surface area contributed by atoms with Crippen LogP contribution in [-0.2, 0) is 0 Å². The van der Waals surface area contributed by atoms with E-state index in [0.717, 1.165) is 53.6 Å². The van der Waals surface area contributed by atoms with Gasteiger partial charge in [-0.15, -0.1) is 11.3 Å². The zero-order valence-corrected chi connectivity index (χ0v) is 18.4. The van der Waals surface area contributed by atoms with Crippen molar-refractivity contribution in [3.05, 3.63) is 65.3 Å². The Hall–Kier alpha value is -3.23. The van der Waals surface area contributed by atoms with Gasteiger partial charge in [-0.25, -0.2) is 9.67 Å². The van der Waals surface area contributed by atoms with Gasteiger partial charge in [0.15, 0.2) is 0 Å². The predicted molar refractivity (Wildman–Crippen MR) is 126 cm³/mol. The highest BCUT2D eigenvalue weighted by atomic mass is 32.1. The molecule has 7 nitrogen and oxygen atoms in total. The van der Waals surface area contributed by atoms with Crippen molar-refractivity contribution in [3.63, 3.8) is 0 Å². The first-order valence-electron chi connectivity index (χ1n) is 10.3. The van der Waals surface area contributed by atoms with Crippen LogP contribution < -0.4 is 10.2 Å². The van der Waals surface area contributed by atoms with E-state index < -0.39 is 0 Å². The lowest BCUT2D eigenvalue weighted by Gasteiger charge is -2.33. The van der Waals surface area contributed by atoms with Gasteiger partial charge in [0.1, 0.15) is 10.6 Å². The first-order chi connectivity index (χ1) is 15.1. The fraction of sp³-hybridized carbons (Fsp3) is 0.261. The molecule has 1 amide bonds. The number of anilines is 2. The number of rotatable bonds is 4. The van der Waals surface area contributed by atoms with E-state index in [2.05, 4.69) is 32.2 Å². The lowest BCUT2D eigenvalue weighted by molar-refractivity contribution is 0.103. The van der Waals surface area contributed by atoms with Crippen LogP contribution in [0, 0.1) is 6.92 Å². The molecule has 158 valence electrons. The molecule has 1 aliphatic rings. The highest BCUT2D eigenvalue weighted by molar-refractivity contribution is 7.20. The summed E-state index contributed by atoms with van der Waals surface area (Å²) in [5, 5.41) is 8.62. The molecule has 1 aliphatic heterocycles. The van der Waals surface area contributed by atoms with Crippen LogP contribution in [0.3, 0.4) is 0 Å². The fourth-order valence-corrected chi connectivity index (χ4v) is 4.86. The average Bonchev–Trinajstić information content (AvgIpc) is 3.36.